The van der Waals surface area contributed by atoms with Gasteiger partial charge in [0.2, 0.25) is 0 Å². The summed E-state index contributed by atoms with van der Waals surface area (Å²) >= 11 is 4.85. The van der Waals surface area contributed by atoms with E-state index in [0.29, 0.717) is 0 Å². The summed E-state index contributed by atoms with van der Waals surface area (Å²) < 4.78 is 0.964. The minimum absolute atomic E-state index is 0.0299. The molecule has 0 fully saturated rings. The van der Waals surface area contributed by atoms with Gasteiger partial charge in [-0.3, -0.25) is 4.79 Å². The summed E-state index contributed by atoms with van der Waals surface area (Å²) in [7, 11) is 0. The Bertz CT molecular complexity index is 524. The molecule has 0 saturated carbocycles. The van der Waals surface area contributed by atoms with Crippen molar-refractivity contribution in [3.05, 3.63) is 39.8 Å². The fraction of sp³-hybridized carbons (Fsp3) is 0.0909. The number of benzene rings is 1. The minimum atomic E-state index is -0.831. The molecule has 1 aromatic carbocycles. The number of carbonyl (C=O) groups is 1. The molecule has 0 aliphatic heterocycles. The van der Waals surface area contributed by atoms with Gasteiger partial charge in [0, 0.05) is 21.1 Å². The molecule has 0 aliphatic rings. The van der Waals surface area contributed by atoms with Gasteiger partial charge in [0.15, 0.2) is 0 Å². The average molecular weight is 298 g/mol. The summed E-state index contributed by atoms with van der Waals surface area (Å²) in [5.41, 5.74) is 0.990. The molecule has 16 heavy (non-hydrogen) atoms. The molecule has 0 radical (unpaired) electrons. The number of aliphatic carboxylic acids is 1. The zero-order valence-corrected chi connectivity index (χ0v) is 10.6. The zero-order chi connectivity index (χ0) is 11.5. The lowest BCUT2D eigenvalue weighted by Crippen LogP contribution is -1.97. The molecule has 0 saturated heterocycles. The molecule has 1 heterocycles. The lowest BCUT2D eigenvalue weighted by molar-refractivity contribution is -0.136. The summed E-state index contributed by atoms with van der Waals surface area (Å²) in [4.78, 5) is 15.5. The quantitative estimate of drug-likeness (QED) is 0.946. The van der Waals surface area contributed by atoms with Crippen LogP contribution in [0.3, 0.4) is 0 Å². The van der Waals surface area contributed by atoms with Gasteiger partial charge in [0.25, 0.3) is 0 Å². The van der Waals surface area contributed by atoms with Crippen molar-refractivity contribution in [3.63, 3.8) is 0 Å². The SMILES string of the molecule is O=C(O)Cc1cnc(-c2ccccc2Br)s1. The third-order valence-corrected chi connectivity index (χ3v) is 3.71. The normalized spacial score (nSPS) is 10.3. The Labute approximate surface area is 105 Å². The van der Waals surface area contributed by atoms with Gasteiger partial charge in [-0.1, -0.05) is 34.1 Å². The lowest BCUT2D eigenvalue weighted by Gasteiger charge is -1.98. The minimum Gasteiger partial charge on any atom is -0.481 e. The highest BCUT2D eigenvalue weighted by molar-refractivity contribution is 9.10. The summed E-state index contributed by atoms with van der Waals surface area (Å²) in [6.07, 6.45) is 1.65. The van der Waals surface area contributed by atoms with E-state index in [1.165, 1.54) is 11.3 Å². The molecule has 0 unspecified atom stereocenters. The van der Waals surface area contributed by atoms with Crippen LogP contribution in [0.15, 0.2) is 34.9 Å². The first-order chi connectivity index (χ1) is 7.66. The molecule has 3 nitrogen and oxygen atoms in total. The number of hydrogen-bond acceptors (Lipinski definition) is 3. The Hall–Kier alpha value is -1.20. The van der Waals surface area contributed by atoms with Crippen molar-refractivity contribution in [2.45, 2.75) is 6.42 Å². The molecule has 0 bridgehead atoms. The molecule has 2 rings (SSSR count). The third kappa shape index (κ3) is 2.48. The molecular weight excluding hydrogens is 290 g/mol. The van der Waals surface area contributed by atoms with E-state index in [1.807, 2.05) is 24.3 Å². The molecule has 82 valence electrons. The Morgan fingerprint density at radius 3 is 2.88 bits per heavy atom. The first kappa shape index (κ1) is 11.3. The van der Waals surface area contributed by atoms with Crippen molar-refractivity contribution >= 4 is 33.2 Å². The highest BCUT2D eigenvalue weighted by Gasteiger charge is 2.09. The zero-order valence-electron chi connectivity index (χ0n) is 8.18. The van der Waals surface area contributed by atoms with Gasteiger partial charge in [0.1, 0.15) is 5.01 Å². The molecule has 1 N–H and O–H groups in total. The predicted molar refractivity (Wildman–Crippen MR) is 66.6 cm³/mol. The van der Waals surface area contributed by atoms with Crippen molar-refractivity contribution in [1.29, 1.82) is 0 Å². The molecule has 0 amide bonds. The molecule has 0 atom stereocenters. The van der Waals surface area contributed by atoms with Crippen molar-refractivity contribution in [2.75, 3.05) is 0 Å². The number of thiazole rings is 1. The maximum absolute atomic E-state index is 10.6. The van der Waals surface area contributed by atoms with Gasteiger partial charge >= 0.3 is 5.97 Å². The predicted octanol–water partition coefficient (Wildman–Crippen LogP) is 3.20. The maximum Gasteiger partial charge on any atom is 0.308 e. The fourth-order valence-electron chi connectivity index (χ4n) is 1.30. The summed E-state index contributed by atoms with van der Waals surface area (Å²) in [6, 6.07) is 7.75. The van der Waals surface area contributed by atoms with Crippen LogP contribution in [0.4, 0.5) is 0 Å². The van der Waals surface area contributed by atoms with Gasteiger partial charge in [-0.05, 0) is 6.07 Å². The van der Waals surface area contributed by atoms with E-state index in [2.05, 4.69) is 20.9 Å². The van der Waals surface area contributed by atoms with Crippen molar-refractivity contribution in [1.82, 2.24) is 4.98 Å². The summed E-state index contributed by atoms with van der Waals surface area (Å²) in [5, 5.41) is 9.51. The number of carboxylic acid groups (broad SMARTS) is 1. The summed E-state index contributed by atoms with van der Waals surface area (Å²) in [6.45, 7) is 0. The second kappa shape index (κ2) is 4.76. The topological polar surface area (TPSA) is 50.2 Å². The van der Waals surface area contributed by atoms with Crippen LogP contribution in [0.1, 0.15) is 4.88 Å². The van der Waals surface area contributed by atoms with E-state index in [4.69, 9.17) is 5.11 Å². The van der Waals surface area contributed by atoms with E-state index in [0.717, 1.165) is 19.9 Å². The molecule has 1 aromatic heterocycles. The lowest BCUT2D eigenvalue weighted by atomic mass is 10.2. The van der Waals surface area contributed by atoms with Gasteiger partial charge in [-0.15, -0.1) is 11.3 Å². The van der Waals surface area contributed by atoms with Crippen LogP contribution in [0, 0.1) is 0 Å². The third-order valence-electron chi connectivity index (χ3n) is 1.98. The fourth-order valence-corrected chi connectivity index (χ4v) is 2.84. The van der Waals surface area contributed by atoms with Crippen LogP contribution in [0.25, 0.3) is 10.6 Å². The number of halogens is 1. The maximum atomic E-state index is 10.6. The smallest absolute Gasteiger partial charge is 0.308 e. The van der Waals surface area contributed by atoms with Crippen LogP contribution >= 0.6 is 27.3 Å². The monoisotopic (exact) mass is 297 g/mol. The second-order valence-electron chi connectivity index (χ2n) is 3.18. The number of hydrogen-bond donors (Lipinski definition) is 1. The molecule has 5 heteroatoms. The first-order valence-electron chi connectivity index (χ1n) is 4.58. The standard InChI is InChI=1S/C11H8BrNO2S/c12-9-4-2-1-3-8(9)11-13-6-7(16-11)5-10(14)15/h1-4,6H,5H2,(H,14,15). The number of aromatic nitrogens is 1. The van der Waals surface area contributed by atoms with Crippen molar-refractivity contribution in [3.8, 4) is 10.6 Å². The van der Waals surface area contributed by atoms with Crippen LogP contribution in [-0.2, 0) is 11.2 Å². The van der Waals surface area contributed by atoms with Crippen LogP contribution in [-0.4, -0.2) is 16.1 Å². The average Bonchev–Trinajstić information content (AvgIpc) is 2.66. The highest BCUT2D eigenvalue weighted by Crippen LogP contribution is 2.31. The highest BCUT2D eigenvalue weighted by atomic mass is 79.9. The molecular formula is C11H8BrNO2S. The van der Waals surface area contributed by atoms with E-state index in [-0.39, 0.29) is 6.42 Å². The number of nitrogens with zero attached hydrogens (tertiary/aromatic N) is 1. The number of carboxylic acids is 1. The van der Waals surface area contributed by atoms with E-state index in [1.54, 1.807) is 6.20 Å². The van der Waals surface area contributed by atoms with Crippen LogP contribution in [0.2, 0.25) is 0 Å². The van der Waals surface area contributed by atoms with Gasteiger partial charge in [-0.25, -0.2) is 4.98 Å². The molecule has 0 spiro atoms. The van der Waals surface area contributed by atoms with Gasteiger partial charge < -0.3 is 5.11 Å². The Kier molecular flexibility index (Phi) is 3.36. The van der Waals surface area contributed by atoms with E-state index >= 15 is 0 Å². The Morgan fingerprint density at radius 1 is 1.44 bits per heavy atom. The van der Waals surface area contributed by atoms with E-state index in [9.17, 15) is 4.79 Å². The van der Waals surface area contributed by atoms with Crippen molar-refractivity contribution in [2.24, 2.45) is 0 Å². The van der Waals surface area contributed by atoms with Gasteiger partial charge in [0.05, 0.1) is 6.42 Å². The van der Waals surface area contributed by atoms with Crippen LogP contribution in [0.5, 0.6) is 0 Å². The van der Waals surface area contributed by atoms with E-state index < -0.39 is 5.97 Å². The largest absolute Gasteiger partial charge is 0.481 e. The Morgan fingerprint density at radius 2 is 2.19 bits per heavy atom. The Balaban J connectivity index is 2.32. The number of rotatable bonds is 3. The van der Waals surface area contributed by atoms with Crippen molar-refractivity contribution < 1.29 is 9.90 Å². The van der Waals surface area contributed by atoms with Crippen LogP contribution < -0.4 is 0 Å². The molecule has 2 aromatic rings. The second-order valence-corrected chi connectivity index (χ2v) is 5.15. The summed E-state index contributed by atoms with van der Waals surface area (Å²) in [5.74, 6) is -0.831. The first-order valence-corrected chi connectivity index (χ1v) is 6.19. The van der Waals surface area contributed by atoms with Gasteiger partial charge in [-0.2, -0.15) is 0 Å². The molecule has 0 aliphatic carbocycles.